The van der Waals surface area contributed by atoms with Gasteiger partial charge in [-0.15, -0.1) is 16.5 Å². The van der Waals surface area contributed by atoms with Gasteiger partial charge in [0.15, 0.2) is 0 Å². The van der Waals surface area contributed by atoms with Gasteiger partial charge in [-0.25, -0.2) is 4.79 Å². The molecule has 22 heavy (non-hydrogen) atoms. The smallest absolute Gasteiger partial charge is 0.362 e. The molecule has 0 aliphatic carbocycles. The van der Waals surface area contributed by atoms with Crippen molar-refractivity contribution in [3.63, 3.8) is 0 Å². The normalized spacial score (nSPS) is 10.9. The van der Waals surface area contributed by atoms with Crippen LogP contribution in [0.25, 0.3) is 0 Å². The Balaban J connectivity index is 2.25. The summed E-state index contributed by atoms with van der Waals surface area (Å²) in [7, 11) is 0. The molecular weight excluding hydrogens is 300 g/mol. The quantitative estimate of drug-likeness (QED) is 0.653. The maximum atomic E-state index is 12.0. The predicted octanol–water partition coefficient (Wildman–Crippen LogP) is 2.05. The lowest BCUT2D eigenvalue weighted by atomic mass is 10.1. The topological polar surface area (TPSA) is 64.1 Å². The number of hydrogen-bond acceptors (Lipinski definition) is 4. The third kappa shape index (κ3) is 3.62. The summed E-state index contributed by atoms with van der Waals surface area (Å²) in [5, 5.41) is 0.566. The van der Waals surface area contributed by atoms with Crippen molar-refractivity contribution in [3.05, 3.63) is 62.3 Å². The fraction of sp³-hybridized carbons (Fsp3) is 0.375. The van der Waals surface area contributed by atoms with E-state index in [2.05, 4.69) is 4.98 Å². The van der Waals surface area contributed by atoms with E-state index in [1.165, 1.54) is 16.5 Å². The Bertz CT molecular complexity index is 735. The van der Waals surface area contributed by atoms with Crippen molar-refractivity contribution in [1.82, 2.24) is 9.71 Å². The van der Waals surface area contributed by atoms with Crippen molar-refractivity contribution in [2.24, 2.45) is 0 Å². The van der Waals surface area contributed by atoms with E-state index >= 15 is 0 Å². The standard InChI is InChI=1S/C16H20N2O3S/c1-11(2)13-14(19)17-16(20)18(15(13)22-3)21-10-9-12-7-5-4-6-8-12/h4-8,11H,9-10H2,1-3H3,(H,17,19,20). The van der Waals surface area contributed by atoms with Crippen LogP contribution in [0, 0.1) is 0 Å². The van der Waals surface area contributed by atoms with Crippen LogP contribution in [0.2, 0.25) is 0 Å². The van der Waals surface area contributed by atoms with Crippen molar-refractivity contribution in [1.29, 1.82) is 0 Å². The molecular formula is C16H20N2O3S. The third-order valence-corrected chi connectivity index (χ3v) is 4.06. The minimum absolute atomic E-state index is 0.00998. The van der Waals surface area contributed by atoms with Crippen molar-refractivity contribution in [2.45, 2.75) is 31.2 Å². The Morgan fingerprint density at radius 1 is 1.23 bits per heavy atom. The highest BCUT2D eigenvalue weighted by molar-refractivity contribution is 7.98. The van der Waals surface area contributed by atoms with Gasteiger partial charge in [0.05, 0.1) is 5.56 Å². The molecule has 0 radical (unpaired) electrons. The molecule has 1 aromatic carbocycles. The zero-order valence-corrected chi connectivity index (χ0v) is 13.8. The van der Waals surface area contributed by atoms with Crippen LogP contribution in [0.15, 0.2) is 44.9 Å². The summed E-state index contributed by atoms with van der Waals surface area (Å²) >= 11 is 1.34. The average molecular weight is 320 g/mol. The zero-order valence-electron chi connectivity index (χ0n) is 13.0. The number of aromatic nitrogens is 2. The minimum Gasteiger partial charge on any atom is -0.408 e. The highest BCUT2D eigenvalue weighted by Gasteiger charge is 2.17. The van der Waals surface area contributed by atoms with Gasteiger partial charge in [-0.3, -0.25) is 9.78 Å². The van der Waals surface area contributed by atoms with Gasteiger partial charge in [-0.1, -0.05) is 44.2 Å². The van der Waals surface area contributed by atoms with Gasteiger partial charge in [0.1, 0.15) is 11.6 Å². The summed E-state index contributed by atoms with van der Waals surface area (Å²) in [6.45, 7) is 4.20. The van der Waals surface area contributed by atoms with Gasteiger partial charge in [-0.05, 0) is 17.7 Å². The molecule has 2 rings (SSSR count). The van der Waals surface area contributed by atoms with Crippen LogP contribution in [-0.2, 0) is 6.42 Å². The number of nitrogens with one attached hydrogen (secondary N) is 1. The number of nitrogens with zero attached hydrogens (tertiary/aromatic N) is 1. The Hall–Kier alpha value is -1.95. The molecule has 0 fully saturated rings. The Labute approximate surface area is 133 Å². The van der Waals surface area contributed by atoms with Gasteiger partial charge in [0.2, 0.25) is 0 Å². The van der Waals surface area contributed by atoms with Gasteiger partial charge < -0.3 is 4.84 Å². The summed E-state index contributed by atoms with van der Waals surface area (Å²) in [6.07, 6.45) is 2.52. The van der Waals surface area contributed by atoms with Crippen LogP contribution in [0.3, 0.4) is 0 Å². The maximum Gasteiger partial charge on any atom is 0.362 e. The molecule has 118 valence electrons. The average Bonchev–Trinajstić information content (AvgIpc) is 2.49. The summed E-state index contributed by atoms with van der Waals surface area (Å²) in [6, 6.07) is 9.90. The molecule has 0 unspecified atom stereocenters. The molecule has 1 aromatic heterocycles. The summed E-state index contributed by atoms with van der Waals surface area (Å²) in [5.41, 5.74) is 0.834. The lowest BCUT2D eigenvalue weighted by Crippen LogP contribution is -2.38. The molecule has 0 atom stereocenters. The van der Waals surface area contributed by atoms with E-state index < -0.39 is 5.69 Å². The van der Waals surface area contributed by atoms with Crippen LogP contribution >= 0.6 is 11.8 Å². The number of benzene rings is 1. The van der Waals surface area contributed by atoms with E-state index in [4.69, 9.17) is 4.84 Å². The first-order valence-electron chi connectivity index (χ1n) is 7.15. The Kier molecular flexibility index (Phi) is 5.49. The predicted molar refractivity (Wildman–Crippen MR) is 88.8 cm³/mol. The first-order chi connectivity index (χ1) is 10.5. The molecule has 1 N–H and O–H groups in total. The van der Waals surface area contributed by atoms with Crippen molar-refractivity contribution in [3.8, 4) is 0 Å². The number of H-pyrrole nitrogens is 1. The highest BCUT2D eigenvalue weighted by Crippen LogP contribution is 2.21. The molecule has 0 aliphatic heterocycles. The largest absolute Gasteiger partial charge is 0.408 e. The Morgan fingerprint density at radius 2 is 1.91 bits per heavy atom. The van der Waals surface area contributed by atoms with Crippen molar-refractivity contribution >= 4 is 11.8 Å². The number of thioether (sulfide) groups is 1. The monoisotopic (exact) mass is 320 g/mol. The molecule has 0 saturated carbocycles. The van der Waals surface area contributed by atoms with E-state index in [0.29, 0.717) is 23.6 Å². The molecule has 0 aliphatic rings. The number of aromatic amines is 1. The van der Waals surface area contributed by atoms with Crippen molar-refractivity contribution in [2.75, 3.05) is 12.9 Å². The SMILES string of the molecule is CSc1c(C(C)C)c(=O)[nH]c(=O)n1OCCc1ccccc1. The van der Waals surface area contributed by atoms with E-state index in [1.54, 1.807) is 0 Å². The van der Waals surface area contributed by atoms with E-state index in [0.717, 1.165) is 5.56 Å². The number of hydrogen-bond donors (Lipinski definition) is 1. The zero-order chi connectivity index (χ0) is 16.1. The molecule has 0 bridgehead atoms. The molecule has 5 nitrogen and oxygen atoms in total. The molecule has 1 heterocycles. The fourth-order valence-electron chi connectivity index (χ4n) is 2.23. The van der Waals surface area contributed by atoms with Gasteiger partial charge in [-0.2, -0.15) is 0 Å². The van der Waals surface area contributed by atoms with Crippen LogP contribution < -0.4 is 16.1 Å². The molecule has 2 aromatic rings. The van der Waals surface area contributed by atoms with Gasteiger partial charge in [0.25, 0.3) is 5.56 Å². The second kappa shape index (κ2) is 7.35. The van der Waals surface area contributed by atoms with E-state index in [1.807, 2.05) is 50.4 Å². The number of rotatable bonds is 6. The highest BCUT2D eigenvalue weighted by atomic mass is 32.2. The third-order valence-electron chi connectivity index (χ3n) is 3.29. The van der Waals surface area contributed by atoms with Crippen LogP contribution in [0.4, 0.5) is 0 Å². The molecule has 0 spiro atoms. The minimum atomic E-state index is -0.535. The van der Waals surface area contributed by atoms with Crippen LogP contribution in [0.1, 0.15) is 30.9 Å². The summed E-state index contributed by atoms with van der Waals surface area (Å²) in [5.74, 6) is 0.00998. The van der Waals surface area contributed by atoms with Gasteiger partial charge >= 0.3 is 5.69 Å². The molecule has 6 heteroatoms. The first kappa shape index (κ1) is 16.4. The maximum absolute atomic E-state index is 12.0. The summed E-state index contributed by atoms with van der Waals surface area (Å²) in [4.78, 5) is 31.9. The van der Waals surface area contributed by atoms with Crippen LogP contribution in [0.5, 0.6) is 0 Å². The summed E-state index contributed by atoms with van der Waals surface area (Å²) < 4.78 is 1.20. The molecule has 0 saturated heterocycles. The van der Waals surface area contributed by atoms with E-state index in [9.17, 15) is 9.59 Å². The van der Waals surface area contributed by atoms with E-state index in [-0.39, 0.29) is 11.5 Å². The first-order valence-corrected chi connectivity index (χ1v) is 8.37. The lowest BCUT2D eigenvalue weighted by molar-refractivity contribution is 0.0804. The second-order valence-corrected chi connectivity index (χ2v) is 6.00. The molecule has 0 amide bonds. The van der Waals surface area contributed by atoms with Crippen LogP contribution in [-0.4, -0.2) is 22.6 Å². The second-order valence-electron chi connectivity index (χ2n) is 5.20. The van der Waals surface area contributed by atoms with Gasteiger partial charge in [0, 0.05) is 6.42 Å². The fourth-order valence-corrected chi connectivity index (χ4v) is 3.08. The lowest BCUT2D eigenvalue weighted by Gasteiger charge is -2.16. The Morgan fingerprint density at radius 3 is 2.50 bits per heavy atom. The van der Waals surface area contributed by atoms with Crippen molar-refractivity contribution < 1.29 is 4.84 Å².